The fourth-order valence-electron chi connectivity index (χ4n) is 2.16. The zero-order valence-electron chi connectivity index (χ0n) is 14.7. The lowest BCUT2D eigenvalue weighted by atomic mass is 10.1. The molecule has 0 bridgehead atoms. The summed E-state index contributed by atoms with van der Waals surface area (Å²) in [7, 11) is 0. The second-order valence-corrected chi connectivity index (χ2v) is 6.04. The van der Waals surface area contributed by atoms with E-state index in [-0.39, 0.29) is 18.4 Å². The van der Waals surface area contributed by atoms with Gasteiger partial charge in [-0.1, -0.05) is 37.3 Å². The monoisotopic (exact) mass is 341 g/mol. The Labute approximate surface area is 147 Å². The molecule has 0 atom stereocenters. The molecule has 0 fully saturated rings. The average Bonchev–Trinajstić information content (AvgIpc) is 3.00. The van der Waals surface area contributed by atoms with Gasteiger partial charge in [0.2, 0.25) is 5.91 Å². The zero-order chi connectivity index (χ0) is 18.2. The molecule has 7 nitrogen and oxygen atoms in total. The Morgan fingerprint density at radius 2 is 2.04 bits per heavy atom. The van der Waals surface area contributed by atoms with Crippen molar-refractivity contribution in [3.8, 4) is 0 Å². The minimum atomic E-state index is -0.277. The van der Waals surface area contributed by atoms with Crippen molar-refractivity contribution in [3.05, 3.63) is 47.8 Å². The number of carbonyl (C=O) groups is 2. The summed E-state index contributed by atoms with van der Waals surface area (Å²) >= 11 is 0. The number of amides is 2. The largest absolute Gasteiger partial charge is 0.352 e. The molecule has 0 saturated carbocycles. The smallest absolute Gasteiger partial charge is 0.253 e. The zero-order valence-corrected chi connectivity index (χ0v) is 14.7. The van der Waals surface area contributed by atoms with Crippen molar-refractivity contribution >= 4 is 23.6 Å². The number of hydrogen-bond donors (Lipinski definition) is 2. The van der Waals surface area contributed by atoms with Gasteiger partial charge in [0.05, 0.1) is 17.4 Å². The summed E-state index contributed by atoms with van der Waals surface area (Å²) in [4.78, 5) is 24.5. The number of nitrogens with zero attached hydrogens (tertiary/aromatic N) is 3. The average molecular weight is 341 g/mol. The van der Waals surface area contributed by atoms with Crippen LogP contribution in [-0.2, 0) is 11.3 Å². The molecule has 1 aromatic carbocycles. The first-order valence-corrected chi connectivity index (χ1v) is 8.19. The van der Waals surface area contributed by atoms with Crippen molar-refractivity contribution in [3.63, 3.8) is 0 Å². The van der Waals surface area contributed by atoms with Crippen LogP contribution in [-0.4, -0.2) is 33.4 Å². The molecule has 0 radical (unpaired) electrons. The van der Waals surface area contributed by atoms with E-state index in [9.17, 15) is 9.59 Å². The standard InChI is InChI=1S/C18H23N5O2/c1-4-7-14-11-23(22-21-14)12-17(24)20-16-9-6-5-8-15(16)18(25)19-10-13(2)3/h4-9,11,13H,10,12H2,1-3H3,(H,19,25)(H,20,24)/b7-4+. The third kappa shape index (κ3) is 5.56. The number of hydrogen-bond acceptors (Lipinski definition) is 4. The van der Waals surface area contributed by atoms with Gasteiger partial charge in [0.15, 0.2) is 0 Å². The third-order valence-electron chi connectivity index (χ3n) is 3.32. The molecule has 2 N–H and O–H groups in total. The maximum Gasteiger partial charge on any atom is 0.253 e. The number of aromatic nitrogens is 3. The van der Waals surface area contributed by atoms with Crippen LogP contribution in [0, 0.1) is 5.92 Å². The Morgan fingerprint density at radius 1 is 1.28 bits per heavy atom. The SMILES string of the molecule is C/C=C/c1cn(CC(=O)Nc2ccccc2C(=O)NCC(C)C)nn1. The molecular weight excluding hydrogens is 318 g/mol. The van der Waals surface area contributed by atoms with Crippen LogP contribution in [0.1, 0.15) is 36.8 Å². The van der Waals surface area contributed by atoms with E-state index in [0.29, 0.717) is 29.4 Å². The molecule has 0 unspecified atom stereocenters. The molecule has 2 aromatic rings. The van der Waals surface area contributed by atoms with Gasteiger partial charge in [-0.2, -0.15) is 0 Å². The summed E-state index contributed by atoms with van der Waals surface area (Å²) in [6.45, 7) is 6.52. The Morgan fingerprint density at radius 3 is 2.76 bits per heavy atom. The highest BCUT2D eigenvalue weighted by molar-refractivity contribution is 6.03. The number of rotatable bonds is 7. The van der Waals surface area contributed by atoms with Crippen LogP contribution in [0.15, 0.2) is 36.5 Å². The number of allylic oxidation sites excluding steroid dienone is 1. The number of anilines is 1. The van der Waals surface area contributed by atoms with Gasteiger partial charge in [-0.25, -0.2) is 4.68 Å². The molecule has 0 aliphatic rings. The number of nitrogens with one attached hydrogen (secondary N) is 2. The van der Waals surface area contributed by atoms with Crippen LogP contribution in [0.5, 0.6) is 0 Å². The minimum absolute atomic E-state index is 0.0203. The van der Waals surface area contributed by atoms with Crippen LogP contribution in [0.2, 0.25) is 0 Å². The summed E-state index contributed by atoms with van der Waals surface area (Å²) in [6.07, 6.45) is 5.33. The molecule has 7 heteroatoms. The highest BCUT2D eigenvalue weighted by atomic mass is 16.2. The van der Waals surface area contributed by atoms with Crippen LogP contribution < -0.4 is 10.6 Å². The Kier molecular flexibility index (Phi) is 6.45. The molecule has 0 spiro atoms. The number of para-hydroxylation sites is 1. The normalized spacial score (nSPS) is 11.0. The quantitative estimate of drug-likeness (QED) is 0.809. The van der Waals surface area contributed by atoms with Crippen LogP contribution >= 0.6 is 0 Å². The fourth-order valence-corrected chi connectivity index (χ4v) is 2.16. The summed E-state index contributed by atoms with van der Waals surface area (Å²) in [5, 5.41) is 13.4. The third-order valence-corrected chi connectivity index (χ3v) is 3.32. The Balaban J connectivity index is 2.03. The van der Waals surface area contributed by atoms with E-state index in [0.717, 1.165) is 0 Å². The predicted octanol–water partition coefficient (Wildman–Crippen LogP) is 2.34. The van der Waals surface area contributed by atoms with Crippen LogP contribution in [0.3, 0.4) is 0 Å². The summed E-state index contributed by atoms with van der Waals surface area (Å²) in [5.41, 5.74) is 1.59. The van der Waals surface area contributed by atoms with Crippen molar-refractivity contribution in [1.29, 1.82) is 0 Å². The lowest BCUT2D eigenvalue weighted by Gasteiger charge is -2.12. The fraction of sp³-hybridized carbons (Fsp3) is 0.333. The minimum Gasteiger partial charge on any atom is -0.352 e. The first kappa shape index (κ1) is 18.4. The van der Waals surface area contributed by atoms with Gasteiger partial charge in [0, 0.05) is 6.54 Å². The summed E-state index contributed by atoms with van der Waals surface area (Å²) in [6, 6.07) is 6.93. The second kappa shape index (κ2) is 8.77. The number of carbonyl (C=O) groups excluding carboxylic acids is 2. The molecule has 25 heavy (non-hydrogen) atoms. The highest BCUT2D eigenvalue weighted by Crippen LogP contribution is 2.15. The van der Waals surface area contributed by atoms with E-state index < -0.39 is 0 Å². The molecule has 2 rings (SSSR count). The van der Waals surface area contributed by atoms with Crippen LogP contribution in [0.25, 0.3) is 6.08 Å². The van der Waals surface area contributed by atoms with Crippen molar-refractivity contribution in [2.45, 2.75) is 27.3 Å². The summed E-state index contributed by atoms with van der Waals surface area (Å²) < 4.78 is 1.45. The van der Waals surface area contributed by atoms with E-state index in [4.69, 9.17) is 0 Å². The lowest BCUT2D eigenvalue weighted by molar-refractivity contribution is -0.116. The molecule has 0 saturated heterocycles. The first-order chi connectivity index (χ1) is 12.0. The maximum absolute atomic E-state index is 12.3. The molecule has 0 aliphatic carbocycles. The molecule has 132 valence electrons. The molecule has 1 aromatic heterocycles. The van der Waals surface area contributed by atoms with Gasteiger partial charge in [-0.15, -0.1) is 5.10 Å². The number of benzene rings is 1. The molecule has 1 heterocycles. The Bertz CT molecular complexity index is 764. The Hall–Kier alpha value is -2.96. The van der Waals surface area contributed by atoms with Crippen molar-refractivity contribution < 1.29 is 9.59 Å². The highest BCUT2D eigenvalue weighted by Gasteiger charge is 2.13. The summed E-state index contributed by atoms with van der Waals surface area (Å²) in [5.74, 6) is -0.133. The van der Waals surface area contributed by atoms with Crippen LogP contribution in [0.4, 0.5) is 5.69 Å². The van der Waals surface area contributed by atoms with E-state index in [2.05, 4.69) is 20.9 Å². The molecular formula is C18H23N5O2. The van der Waals surface area contributed by atoms with Gasteiger partial charge in [-0.3, -0.25) is 9.59 Å². The lowest BCUT2D eigenvalue weighted by Crippen LogP contribution is -2.29. The second-order valence-electron chi connectivity index (χ2n) is 6.04. The maximum atomic E-state index is 12.3. The van der Waals surface area contributed by atoms with Crippen molar-refractivity contribution in [1.82, 2.24) is 20.3 Å². The van der Waals surface area contributed by atoms with Crippen molar-refractivity contribution in [2.75, 3.05) is 11.9 Å². The van der Waals surface area contributed by atoms with Gasteiger partial charge in [0.1, 0.15) is 12.2 Å². The first-order valence-electron chi connectivity index (χ1n) is 8.19. The van der Waals surface area contributed by atoms with E-state index in [1.165, 1.54) is 4.68 Å². The molecule has 0 aliphatic heterocycles. The predicted molar refractivity (Wildman–Crippen MR) is 97.0 cm³/mol. The van der Waals surface area contributed by atoms with Gasteiger partial charge in [0.25, 0.3) is 5.91 Å². The van der Waals surface area contributed by atoms with E-state index >= 15 is 0 Å². The van der Waals surface area contributed by atoms with Gasteiger partial charge < -0.3 is 10.6 Å². The van der Waals surface area contributed by atoms with Crippen molar-refractivity contribution in [2.24, 2.45) is 5.92 Å². The topological polar surface area (TPSA) is 88.9 Å². The van der Waals surface area contributed by atoms with E-state index in [1.807, 2.05) is 26.8 Å². The molecule has 2 amide bonds. The van der Waals surface area contributed by atoms with Gasteiger partial charge >= 0.3 is 0 Å². The van der Waals surface area contributed by atoms with Gasteiger partial charge in [-0.05, 0) is 31.1 Å². The van der Waals surface area contributed by atoms with E-state index in [1.54, 1.807) is 36.5 Å².